The zero-order valence-corrected chi connectivity index (χ0v) is 11.0. The second-order valence-electron chi connectivity index (χ2n) is 4.40. The van der Waals surface area contributed by atoms with E-state index in [1.54, 1.807) is 12.4 Å². The van der Waals surface area contributed by atoms with Gasteiger partial charge in [0, 0.05) is 26.0 Å². The lowest BCUT2D eigenvalue weighted by molar-refractivity contribution is 1.10. The summed E-state index contributed by atoms with van der Waals surface area (Å²) < 4.78 is 0. The molecule has 3 heteroatoms. The number of hydrogen-bond donors (Lipinski definition) is 0. The lowest BCUT2D eigenvalue weighted by atomic mass is 10.2. The Morgan fingerprint density at radius 1 is 0.944 bits per heavy atom. The number of nitrogens with zero attached hydrogens (tertiary/aromatic N) is 3. The molecule has 2 rings (SSSR count). The van der Waals surface area contributed by atoms with Crippen molar-refractivity contribution in [3.63, 3.8) is 0 Å². The van der Waals surface area contributed by atoms with Gasteiger partial charge in [-0.3, -0.25) is 9.97 Å². The van der Waals surface area contributed by atoms with E-state index < -0.39 is 0 Å². The molecule has 0 bridgehead atoms. The minimum atomic E-state index is 0.872. The van der Waals surface area contributed by atoms with Crippen LogP contribution in [0.15, 0.2) is 36.7 Å². The number of benzene rings is 1. The highest BCUT2D eigenvalue weighted by Gasteiger charge is 1.94. The van der Waals surface area contributed by atoms with Gasteiger partial charge in [-0.05, 0) is 30.7 Å². The minimum Gasteiger partial charge on any atom is -0.378 e. The van der Waals surface area contributed by atoms with Gasteiger partial charge >= 0.3 is 0 Å². The third-order valence-corrected chi connectivity index (χ3v) is 2.66. The molecule has 0 saturated heterocycles. The van der Waals surface area contributed by atoms with Gasteiger partial charge in [-0.25, -0.2) is 0 Å². The Kier molecular flexibility index (Phi) is 3.72. The number of anilines is 1. The number of aryl methyl sites for hydroxylation is 1. The van der Waals surface area contributed by atoms with Crippen LogP contribution in [0.4, 0.5) is 5.69 Å². The smallest absolute Gasteiger partial charge is 0.0813 e. The van der Waals surface area contributed by atoms with Crippen LogP contribution in [0.3, 0.4) is 0 Å². The highest BCUT2D eigenvalue weighted by molar-refractivity contribution is 5.68. The molecule has 2 aromatic rings. The standard InChI is InChI=1S/C15H17N3/c1-12-10-17-14(11-16-12)7-4-13-5-8-15(9-6-13)18(2)3/h4-11H,1-3H3/b7-4+. The van der Waals surface area contributed by atoms with E-state index in [4.69, 9.17) is 0 Å². The van der Waals surface area contributed by atoms with Crippen LogP contribution < -0.4 is 4.90 Å². The highest BCUT2D eigenvalue weighted by atomic mass is 15.1. The van der Waals surface area contributed by atoms with Gasteiger partial charge in [0.2, 0.25) is 0 Å². The van der Waals surface area contributed by atoms with Gasteiger partial charge in [0.25, 0.3) is 0 Å². The summed E-state index contributed by atoms with van der Waals surface area (Å²) in [6.45, 7) is 1.93. The lowest BCUT2D eigenvalue weighted by Gasteiger charge is -2.11. The zero-order chi connectivity index (χ0) is 13.0. The van der Waals surface area contributed by atoms with Crippen LogP contribution in [0.25, 0.3) is 12.2 Å². The van der Waals surface area contributed by atoms with Crippen LogP contribution in [0.5, 0.6) is 0 Å². The second kappa shape index (κ2) is 5.45. The van der Waals surface area contributed by atoms with E-state index >= 15 is 0 Å². The van der Waals surface area contributed by atoms with E-state index in [0.717, 1.165) is 17.0 Å². The molecule has 1 heterocycles. The summed E-state index contributed by atoms with van der Waals surface area (Å²) in [5.41, 5.74) is 4.16. The van der Waals surface area contributed by atoms with E-state index in [2.05, 4.69) is 39.1 Å². The van der Waals surface area contributed by atoms with Gasteiger partial charge in [-0.2, -0.15) is 0 Å². The van der Waals surface area contributed by atoms with Crippen molar-refractivity contribution in [3.8, 4) is 0 Å². The molecule has 0 aliphatic rings. The summed E-state index contributed by atoms with van der Waals surface area (Å²) in [6, 6.07) is 8.38. The molecule has 0 unspecified atom stereocenters. The maximum atomic E-state index is 4.28. The first kappa shape index (κ1) is 12.3. The molecule has 0 atom stereocenters. The molecule has 0 radical (unpaired) electrons. The van der Waals surface area contributed by atoms with Crippen molar-refractivity contribution >= 4 is 17.8 Å². The first-order chi connectivity index (χ1) is 8.65. The Morgan fingerprint density at radius 2 is 1.67 bits per heavy atom. The monoisotopic (exact) mass is 239 g/mol. The van der Waals surface area contributed by atoms with Crippen molar-refractivity contribution in [2.75, 3.05) is 19.0 Å². The van der Waals surface area contributed by atoms with Gasteiger partial charge < -0.3 is 4.90 Å². The zero-order valence-electron chi connectivity index (χ0n) is 11.0. The van der Waals surface area contributed by atoms with E-state index in [9.17, 15) is 0 Å². The van der Waals surface area contributed by atoms with Crippen LogP contribution in [-0.2, 0) is 0 Å². The maximum absolute atomic E-state index is 4.28. The van der Waals surface area contributed by atoms with E-state index in [1.165, 1.54) is 5.69 Å². The van der Waals surface area contributed by atoms with E-state index in [1.807, 2.05) is 33.2 Å². The molecular formula is C15H17N3. The van der Waals surface area contributed by atoms with Crippen LogP contribution in [0.2, 0.25) is 0 Å². The molecule has 0 spiro atoms. The Labute approximate surface area is 108 Å². The van der Waals surface area contributed by atoms with Crippen LogP contribution in [-0.4, -0.2) is 24.1 Å². The van der Waals surface area contributed by atoms with Crippen molar-refractivity contribution in [1.82, 2.24) is 9.97 Å². The molecule has 3 nitrogen and oxygen atoms in total. The average molecular weight is 239 g/mol. The number of rotatable bonds is 3. The molecule has 0 aliphatic heterocycles. The Balaban J connectivity index is 2.11. The first-order valence-electron chi connectivity index (χ1n) is 5.89. The molecular weight excluding hydrogens is 222 g/mol. The third kappa shape index (κ3) is 3.17. The van der Waals surface area contributed by atoms with Crippen molar-refractivity contribution in [2.24, 2.45) is 0 Å². The normalized spacial score (nSPS) is 10.8. The van der Waals surface area contributed by atoms with Gasteiger partial charge in [0.15, 0.2) is 0 Å². The molecule has 1 aromatic carbocycles. The summed E-state index contributed by atoms with van der Waals surface area (Å²) in [5.74, 6) is 0. The molecule has 0 amide bonds. The van der Waals surface area contributed by atoms with Crippen molar-refractivity contribution in [3.05, 3.63) is 53.6 Å². The van der Waals surface area contributed by atoms with E-state index in [-0.39, 0.29) is 0 Å². The predicted molar refractivity (Wildman–Crippen MR) is 76.5 cm³/mol. The number of hydrogen-bond acceptors (Lipinski definition) is 3. The quantitative estimate of drug-likeness (QED) is 0.824. The average Bonchev–Trinajstić information content (AvgIpc) is 2.38. The Bertz CT molecular complexity index is 525. The molecule has 92 valence electrons. The predicted octanol–water partition coefficient (Wildman–Crippen LogP) is 3.02. The Hall–Kier alpha value is -2.16. The van der Waals surface area contributed by atoms with Crippen LogP contribution in [0, 0.1) is 6.92 Å². The van der Waals surface area contributed by atoms with Gasteiger partial charge in [-0.1, -0.05) is 18.2 Å². The van der Waals surface area contributed by atoms with E-state index in [0.29, 0.717) is 0 Å². The third-order valence-electron chi connectivity index (χ3n) is 2.66. The van der Waals surface area contributed by atoms with Crippen LogP contribution in [0.1, 0.15) is 17.0 Å². The summed E-state index contributed by atoms with van der Waals surface area (Å²) in [4.78, 5) is 10.6. The van der Waals surface area contributed by atoms with Crippen LogP contribution >= 0.6 is 0 Å². The summed E-state index contributed by atoms with van der Waals surface area (Å²) in [5, 5.41) is 0. The molecule has 18 heavy (non-hydrogen) atoms. The lowest BCUT2D eigenvalue weighted by Crippen LogP contribution is -2.07. The topological polar surface area (TPSA) is 29.0 Å². The molecule has 0 fully saturated rings. The first-order valence-corrected chi connectivity index (χ1v) is 5.89. The van der Waals surface area contributed by atoms with Gasteiger partial charge in [-0.15, -0.1) is 0 Å². The van der Waals surface area contributed by atoms with Crippen molar-refractivity contribution < 1.29 is 0 Å². The van der Waals surface area contributed by atoms with Gasteiger partial charge in [0.05, 0.1) is 17.6 Å². The van der Waals surface area contributed by atoms with Crippen molar-refractivity contribution in [1.29, 1.82) is 0 Å². The molecule has 1 aromatic heterocycles. The minimum absolute atomic E-state index is 0.872. The largest absolute Gasteiger partial charge is 0.378 e. The van der Waals surface area contributed by atoms with Gasteiger partial charge in [0.1, 0.15) is 0 Å². The Morgan fingerprint density at radius 3 is 2.22 bits per heavy atom. The fourth-order valence-electron chi connectivity index (χ4n) is 1.55. The molecule has 0 saturated carbocycles. The summed E-state index contributed by atoms with van der Waals surface area (Å²) in [7, 11) is 4.07. The maximum Gasteiger partial charge on any atom is 0.0813 e. The van der Waals surface area contributed by atoms with Crippen molar-refractivity contribution in [2.45, 2.75) is 6.92 Å². The SMILES string of the molecule is Cc1cnc(/C=C/c2ccc(N(C)C)cc2)cn1. The molecule has 0 N–H and O–H groups in total. The summed E-state index contributed by atoms with van der Waals surface area (Å²) >= 11 is 0. The molecule has 0 aliphatic carbocycles. The highest BCUT2D eigenvalue weighted by Crippen LogP contribution is 2.13. The fraction of sp³-hybridized carbons (Fsp3) is 0.200. The summed E-state index contributed by atoms with van der Waals surface area (Å²) in [6.07, 6.45) is 7.56. The second-order valence-corrected chi connectivity index (χ2v) is 4.40. The fourth-order valence-corrected chi connectivity index (χ4v) is 1.55. The number of aromatic nitrogens is 2.